The molecule has 0 aliphatic rings. The van der Waals surface area contributed by atoms with E-state index in [0.717, 1.165) is 22.7 Å². The van der Waals surface area contributed by atoms with Crippen molar-refractivity contribution in [3.05, 3.63) is 30.3 Å². The van der Waals surface area contributed by atoms with E-state index in [4.69, 9.17) is 4.74 Å². The van der Waals surface area contributed by atoms with Gasteiger partial charge in [-0.25, -0.2) is 4.98 Å². The first kappa shape index (κ1) is 17.9. The van der Waals surface area contributed by atoms with Crippen LogP contribution in [0.15, 0.2) is 34.7 Å². The first-order chi connectivity index (χ1) is 11.3. The molecule has 0 radical (unpaired) electrons. The third-order valence-electron chi connectivity index (χ3n) is 3.26. The van der Waals surface area contributed by atoms with Gasteiger partial charge in [0.1, 0.15) is 0 Å². The molecule has 2 aromatic rings. The van der Waals surface area contributed by atoms with Gasteiger partial charge in [0, 0.05) is 5.56 Å². The van der Waals surface area contributed by atoms with Gasteiger partial charge < -0.3 is 4.74 Å². The number of carbonyl (C=O) groups excluding carboxylic acids is 1. The van der Waals surface area contributed by atoms with Crippen molar-refractivity contribution in [2.75, 3.05) is 12.4 Å². The minimum Gasteiger partial charge on any atom is -0.465 e. The zero-order chi connectivity index (χ0) is 16.3. The minimum absolute atomic E-state index is 0.179. The van der Waals surface area contributed by atoms with Crippen LogP contribution in [-0.2, 0) is 9.53 Å². The summed E-state index contributed by atoms with van der Waals surface area (Å²) in [7, 11) is 0. The normalized spacial score (nSPS) is 10.7. The van der Waals surface area contributed by atoms with E-state index in [1.807, 2.05) is 30.3 Å². The quantitative estimate of drug-likeness (QED) is 0.350. The van der Waals surface area contributed by atoms with Crippen molar-refractivity contribution in [3.63, 3.8) is 0 Å². The molecule has 0 spiro atoms. The van der Waals surface area contributed by atoms with Crippen LogP contribution in [0.1, 0.15) is 39.0 Å². The lowest BCUT2D eigenvalue weighted by Crippen LogP contribution is -2.08. The molecule has 2 rings (SSSR count). The van der Waals surface area contributed by atoms with Gasteiger partial charge in [0.25, 0.3) is 0 Å². The minimum atomic E-state index is -0.179. The SMILES string of the molecule is CCCCCCCOC(=O)CSc1nc(-c2ccccc2)ns1. The molecule has 6 heteroatoms. The molecule has 0 fully saturated rings. The van der Waals surface area contributed by atoms with Crippen molar-refractivity contribution in [3.8, 4) is 11.4 Å². The molecule has 0 aliphatic heterocycles. The molecule has 124 valence electrons. The molecular formula is C17H22N2O2S2. The fraction of sp³-hybridized carbons (Fsp3) is 0.471. The van der Waals surface area contributed by atoms with Gasteiger partial charge in [-0.05, 0) is 18.0 Å². The molecule has 4 nitrogen and oxygen atoms in total. The van der Waals surface area contributed by atoms with Crippen LogP contribution in [0.2, 0.25) is 0 Å². The van der Waals surface area contributed by atoms with E-state index >= 15 is 0 Å². The highest BCUT2D eigenvalue weighted by molar-refractivity contribution is 8.01. The standard InChI is InChI=1S/C17H22N2O2S2/c1-2-3-4-5-9-12-21-15(20)13-22-17-18-16(19-23-17)14-10-7-6-8-11-14/h6-8,10-11H,2-5,9,12-13H2,1H3. The van der Waals surface area contributed by atoms with Crippen molar-refractivity contribution in [1.29, 1.82) is 0 Å². The maximum absolute atomic E-state index is 11.7. The molecule has 1 heterocycles. The summed E-state index contributed by atoms with van der Waals surface area (Å²) in [5.41, 5.74) is 0.991. The maximum Gasteiger partial charge on any atom is 0.316 e. The molecule has 0 saturated carbocycles. The number of thioether (sulfide) groups is 1. The number of nitrogens with zero attached hydrogens (tertiary/aromatic N) is 2. The number of aromatic nitrogens is 2. The molecule has 0 amide bonds. The molecule has 0 unspecified atom stereocenters. The number of hydrogen-bond acceptors (Lipinski definition) is 6. The molecule has 0 atom stereocenters. The summed E-state index contributed by atoms with van der Waals surface area (Å²) >= 11 is 2.70. The average Bonchev–Trinajstić information content (AvgIpc) is 3.06. The van der Waals surface area contributed by atoms with Gasteiger partial charge >= 0.3 is 5.97 Å². The predicted octanol–water partition coefficient (Wildman–Crippen LogP) is 4.81. The van der Waals surface area contributed by atoms with Gasteiger partial charge in [-0.15, -0.1) is 0 Å². The first-order valence-corrected chi connectivity index (χ1v) is 9.73. The second-order valence-corrected chi connectivity index (χ2v) is 7.15. The highest BCUT2D eigenvalue weighted by atomic mass is 32.2. The smallest absolute Gasteiger partial charge is 0.316 e. The third kappa shape index (κ3) is 6.71. The van der Waals surface area contributed by atoms with Crippen molar-refractivity contribution in [2.24, 2.45) is 0 Å². The summed E-state index contributed by atoms with van der Waals surface area (Å²) in [6.07, 6.45) is 5.78. The number of carbonyl (C=O) groups is 1. The Morgan fingerprint density at radius 2 is 1.96 bits per heavy atom. The Morgan fingerprint density at radius 3 is 2.74 bits per heavy atom. The van der Waals surface area contributed by atoms with E-state index in [0.29, 0.717) is 18.2 Å². The van der Waals surface area contributed by atoms with E-state index in [9.17, 15) is 4.79 Å². The number of esters is 1. The lowest BCUT2D eigenvalue weighted by Gasteiger charge is -2.03. The van der Waals surface area contributed by atoms with Crippen molar-refractivity contribution >= 4 is 29.3 Å². The van der Waals surface area contributed by atoms with Crippen LogP contribution >= 0.6 is 23.3 Å². The van der Waals surface area contributed by atoms with Crippen LogP contribution in [0.3, 0.4) is 0 Å². The van der Waals surface area contributed by atoms with E-state index < -0.39 is 0 Å². The Labute approximate surface area is 145 Å². The number of hydrogen-bond donors (Lipinski definition) is 0. The van der Waals surface area contributed by atoms with Gasteiger partial charge in [0.05, 0.1) is 12.4 Å². The first-order valence-electron chi connectivity index (χ1n) is 7.97. The number of unbranched alkanes of at least 4 members (excludes halogenated alkanes) is 4. The van der Waals surface area contributed by atoms with E-state index in [1.165, 1.54) is 42.6 Å². The lowest BCUT2D eigenvalue weighted by atomic mass is 10.2. The third-order valence-corrected chi connectivity index (χ3v) is 5.07. The summed E-state index contributed by atoms with van der Waals surface area (Å²) in [5, 5.41) is 0. The van der Waals surface area contributed by atoms with Crippen LogP contribution in [0.5, 0.6) is 0 Å². The zero-order valence-electron chi connectivity index (χ0n) is 13.4. The Hall–Kier alpha value is -1.40. The van der Waals surface area contributed by atoms with Gasteiger partial charge in [-0.1, -0.05) is 74.7 Å². The highest BCUT2D eigenvalue weighted by Crippen LogP contribution is 2.25. The number of rotatable bonds is 10. The van der Waals surface area contributed by atoms with Crippen molar-refractivity contribution in [1.82, 2.24) is 9.36 Å². The number of ether oxygens (including phenoxy) is 1. The molecule has 0 saturated heterocycles. The topological polar surface area (TPSA) is 52.1 Å². The van der Waals surface area contributed by atoms with Crippen LogP contribution in [-0.4, -0.2) is 27.7 Å². The van der Waals surface area contributed by atoms with E-state index in [1.54, 1.807) is 0 Å². The average molecular weight is 351 g/mol. The fourth-order valence-electron chi connectivity index (χ4n) is 2.03. The van der Waals surface area contributed by atoms with Crippen molar-refractivity contribution in [2.45, 2.75) is 43.4 Å². The molecule has 1 aromatic heterocycles. The van der Waals surface area contributed by atoms with E-state index in [2.05, 4.69) is 16.3 Å². The van der Waals surface area contributed by atoms with Gasteiger partial charge in [-0.2, -0.15) is 4.37 Å². The molecular weight excluding hydrogens is 328 g/mol. The zero-order valence-corrected chi connectivity index (χ0v) is 15.0. The van der Waals surface area contributed by atoms with Crippen LogP contribution in [0, 0.1) is 0 Å². The molecule has 1 aromatic carbocycles. The molecule has 23 heavy (non-hydrogen) atoms. The van der Waals surface area contributed by atoms with Crippen LogP contribution in [0.4, 0.5) is 0 Å². The van der Waals surface area contributed by atoms with Gasteiger partial charge in [0.15, 0.2) is 10.2 Å². The van der Waals surface area contributed by atoms with Crippen LogP contribution in [0.25, 0.3) is 11.4 Å². The van der Waals surface area contributed by atoms with Gasteiger partial charge in [-0.3, -0.25) is 4.79 Å². The molecule has 0 N–H and O–H groups in total. The summed E-state index contributed by atoms with van der Waals surface area (Å²) in [6.45, 7) is 2.71. The second-order valence-electron chi connectivity index (χ2n) is 5.17. The fourth-order valence-corrected chi connectivity index (χ4v) is 3.44. The highest BCUT2D eigenvalue weighted by Gasteiger charge is 2.10. The molecule has 0 bridgehead atoms. The Morgan fingerprint density at radius 1 is 1.17 bits per heavy atom. The van der Waals surface area contributed by atoms with E-state index in [-0.39, 0.29) is 5.97 Å². The summed E-state index contributed by atoms with van der Waals surface area (Å²) < 4.78 is 10.4. The lowest BCUT2D eigenvalue weighted by molar-refractivity contribution is -0.140. The summed E-state index contributed by atoms with van der Waals surface area (Å²) in [5.74, 6) is 0.822. The second kappa shape index (κ2) is 10.4. The Bertz CT molecular complexity index is 587. The monoisotopic (exact) mass is 350 g/mol. The predicted molar refractivity (Wildman–Crippen MR) is 95.8 cm³/mol. The van der Waals surface area contributed by atoms with Gasteiger partial charge in [0.2, 0.25) is 0 Å². The summed E-state index contributed by atoms with van der Waals surface area (Å²) in [4.78, 5) is 16.1. The van der Waals surface area contributed by atoms with Crippen molar-refractivity contribution < 1.29 is 9.53 Å². The largest absolute Gasteiger partial charge is 0.465 e. The maximum atomic E-state index is 11.7. The summed E-state index contributed by atoms with van der Waals surface area (Å²) in [6, 6.07) is 9.83. The Kier molecular flexibility index (Phi) is 8.11. The number of benzene rings is 1. The Balaban J connectivity index is 1.66. The molecule has 0 aliphatic carbocycles. The van der Waals surface area contributed by atoms with Crippen LogP contribution < -0.4 is 0 Å².